The Kier molecular flexibility index (Phi) is 4.35. The van der Waals surface area contributed by atoms with Gasteiger partial charge in [0.1, 0.15) is 11.3 Å². The van der Waals surface area contributed by atoms with Gasteiger partial charge in [-0.25, -0.2) is 0 Å². The summed E-state index contributed by atoms with van der Waals surface area (Å²) in [4.78, 5) is 0.926. The normalized spacial score (nSPS) is 11.1. The minimum Gasteiger partial charge on any atom is -0.456 e. The van der Waals surface area contributed by atoms with Gasteiger partial charge in [-0.1, -0.05) is 44.0 Å². The third-order valence-electron chi connectivity index (χ3n) is 3.81. The van der Waals surface area contributed by atoms with Crippen molar-refractivity contribution in [1.82, 2.24) is 0 Å². The van der Waals surface area contributed by atoms with Gasteiger partial charge in [0.15, 0.2) is 0 Å². The van der Waals surface area contributed by atoms with Gasteiger partial charge in [0.05, 0.1) is 0 Å². The Morgan fingerprint density at radius 2 is 1.76 bits per heavy atom. The highest BCUT2D eigenvalue weighted by atomic mass is 32.1. The molecule has 21 heavy (non-hydrogen) atoms. The topological polar surface area (TPSA) is 13.1 Å². The number of rotatable bonds is 5. The van der Waals surface area contributed by atoms with E-state index in [1.807, 2.05) is 18.2 Å². The molecule has 0 unspecified atom stereocenters. The van der Waals surface area contributed by atoms with Crippen molar-refractivity contribution in [2.75, 3.05) is 0 Å². The van der Waals surface area contributed by atoms with Crippen LogP contribution in [0.15, 0.2) is 57.8 Å². The molecule has 108 valence electrons. The van der Waals surface area contributed by atoms with Crippen molar-refractivity contribution in [2.45, 2.75) is 37.5 Å². The number of thiol groups is 1. The molecule has 0 radical (unpaired) electrons. The Labute approximate surface area is 131 Å². The van der Waals surface area contributed by atoms with Crippen molar-refractivity contribution in [2.24, 2.45) is 0 Å². The summed E-state index contributed by atoms with van der Waals surface area (Å²) >= 11 is 4.35. The van der Waals surface area contributed by atoms with E-state index in [2.05, 4.69) is 49.9 Å². The molecule has 2 heteroatoms. The van der Waals surface area contributed by atoms with E-state index in [1.165, 1.54) is 24.8 Å². The summed E-state index contributed by atoms with van der Waals surface area (Å²) in [7, 11) is 0. The first-order chi connectivity index (χ1) is 10.3. The van der Waals surface area contributed by atoms with E-state index >= 15 is 0 Å². The van der Waals surface area contributed by atoms with Crippen LogP contribution in [0.5, 0.6) is 0 Å². The zero-order valence-corrected chi connectivity index (χ0v) is 13.2. The second kappa shape index (κ2) is 6.40. The van der Waals surface area contributed by atoms with Crippen LogP contribution in [-0.2, 0) is 6.42 Å². The van der Waals surface area contributed by atoms with Crippen LogP contribution in [0.4, 0.5) is 0 Å². The summed E-state index contributed by atoms with van der Waals surface area (Å²) in [5.74, 6) is 0.920. The lowest BCUT2D eigenvalue weighted by Crippen LogP contribution is -1.85. The molecule has 0 N–H and O–H groups in total. The molecule has 0 aliphatic heterocycles. The van der Waals surface area contributed by atoms with Crippen LogP contribution in [-0.4, -0.2) is 0 Å². The number of benzene rings is 2. The summed E-state index contributed by atoms with van der Waals surface area (Å²) < 4.78 is 5.92. The molecule has 0 aliphatic carbocycles. The minimum absolute atomic E-state index is 0.893. The van der Waals surface area contributed by atoms with Crippen molar-refractivity contribution in [1.29, 1.82) is 0 Å². The smallest absolute Gasteiger partial charge is 0.135 e. The van der Waals surface area contributed by atoms with E-state index in [0.717, 1.165) is 33.6 Å². The van der Waals surface area contributed by atoms with Gasteiger partial charge in [0.25, 0.3) is 0 Å². The summed E-state index contributed by atoms with van der Waals surface area (Å²) in [5.41, 5.74) is 3.43. The minimum atomic E-state index is 0.893. The van der Waals surface area contributed by atoms with Crippen molar-refractivity contribution in [3.63, 3.8) is 0 Å². The number of furan rings is 1. The summed E-state index contributed by atoms with van der Waals surface area (Å²) in [6, 6.07) is 16.8. The molecule has 0 saturated carbocycles. The quantitative estimate of drug-likeness (QED) is 0.442. The highest BCUT2D eigenvalue weighted by Gasteiger charge is 2.06. The number of unbranched alkanes of at least 4 members (excludes halogenated alkanes) is 2. The fraction of sp³-hybridized carbons (Fsp3) is 0.263. The fourth-order valence-corrected chi connectivity index (χ4v) is 2.77. The molecular weight excluding hydrogens is 276 g/mol. The van der Waals surface area contributed by atoms with Gasteiger partial charge in [-0.15, -0.1) is 12.6 Å². The average molecular weight is 296 g/mol. The molecule has 1 aromatic heterocycles. The first-order valence-corrected chi connectivity index (χ1v) is 8.03. The third kappa shape index (κ3) is 3.33. The molecule has 0 spiro atoms. The van der Waals surface area contributed by atoms with Crippen LogP contribution in [0.2, 0.25) is 0 Å². The molecule has 0 aliphatic rings. The number of fused-ring (bicyclic) bond motifs is 1. The Morgan fingerprint density at radius 3 is 2.52 bits per heavy atom. The molecule has 0 saturated heterocycles. The van der Waals surface area contributed by atoms with Gasteiger partial charge in [-0.2, -0.15) is 0 Å². The molecule has 0 amide bonds. The maximum Gasteiger partial charge on any atom is 0.135 e. The number of aryl methyl sites for hydroxylation is 1. The Bertz CT molecular complexity index is 725. The zero-order chi connectivity index (χ0) is 14.7. The van der Waals surface area contributed by atoms with E-state index in [-0.39, 0.29) is 0 Å². The molecule has 1 heterocycles. The highest BCUT2D eigenvalue weighted by Crippen LogP contribution is 2.29. The van der Waals surface area contributed by atoms with Crippen molar-refractivity contribution in [3.05, 3.63) is 54.1 Å². The van der Waals surface area contributed by atoms with Crippen molar-refractivity contribution in [3.8, 4) is 11.3 Å². The van der Waals surface area contributed by atoms with Crippen LogP contribution >= 0.6 is 12.6 Å². The standard InChI is InChI=1S/C19H20OS/c1-2-3-4-5-14-6-8-15(9-7-14)18-12-16-10-11-17(21)13-19(16)20-18/h6-13,21H,2-5H2,1H3. The first-order valence-electron chi connectivity index (χ1n) is 7.58. The first kappa shape index (κ1) is 14.3. The van der Waals surface area contributed by atoms with E-state index in [0.29, 0.717) is 0 Å². The molecular formula is C19H20OS. The molecule has 0 atom stereocenters. The molecule has 1 nitrogen and oxygen atoms in total. The second-order valence-corrected chi connectivity index (χ2v) is 6.00. The predicted molar refractivity (Wildman–Crippen MR) is 92.1 cm³/mol. The van der Waals surface area contributed by atoms with Crippen molar-refractivity contribution >= 4 is 23.6 Å². The molecule has 2 aromatic carbocycles. The van der Waals surface area contributed by atoms with Crippen LogP contribution in [0.25, 0.3) is 22.3 Å². The lowest BCUT2D eigenvalue weighted by atomic mass is 10.0. The Hall–Kier alpha value is -1.67. The van der Waals surface area contributed by atoms with E-state index in [9.17, 15) is 0 Å². The van der Waals surface area contributed by atoms with E-state index < -0.39 is 0 Å². The predicted octanol–water partition coefficient (Wildman–Crippen LogP) is 6.12. The molecule has 0 bridgehead atoms. The van der Waals surface area contributed by atoms with Crippen molar-refractivity contribution < 1.29 is 4.42 Å². The second-order valence-electron chi connectivity index (χ2n) is 5.49. The lowest BCUT2D eigenvalue weighted by Gasteiger charge is -2.02. The average Bonchev–Trinajstić information content (AvgIpc) is 2.91. The van der Waals surface area contributed by atoms with Crippen LogP contribution < -0.4 is 0 Å². The summed E-state index contributed by atoms with van der Waals surface area (Å²) in [5, 5.41) is 1.12. The molecule has 3 aromatic rings. The lowest BCUT2D eigenvalue weighted by molar-refractivity contribution is 0.630. The maximum atomic E-state index is 5.92. The maximum absolute atomic E-state index is 5.92. The number of hydrogen-bond acceptors (Lipinski definition) is 2. The molecule has 0 fully saturated rings. The largest absolute Gasteiger partial charge is 0.456 e. The SMILES string of the molecule is CCCCCc1ccc(-c2cc3ccc(S)cc3o2)cc1. The van der Waals surface area contributed by atoms with E-state index in [1.54, 1.807) is 0 Å². The van der Waals surface area contributed by atoms with Gasteiger partial charge in [-0.3, -0.25) is 0 Å². The van der Waals surface area contributed by atoms with Gasteiger partial charge in [0, 0.05) is 15.8 Å². The van der Waals surface area contributed by atoms with Gasteiger partial charge in [-0.05, 0) is 42.7 Å². The van der Waals surface area contributed by atoms with Gasteiger partial charge in [0.2, 0.25) is 0 Å². The summed E-state index contributed by atoms with van der Waals surface area (Å²) in [6.07, 6.45) is 5.00. The fourth-order valence-electron chi connectivity index (χ4n) is 2.58. The van der Waals surface area contributed by atoms with Gasteiger partial charge < -0.3 is 4.42 Å². The Morgan fingerprint density at radius 1 is 0.952 bits per heavy atom. The van der Waals surface area contributed by atoms with E-state index in [4.69, 9.17) is 4.42 Å². The third-order valence-corrected chi connectivity index (χ3v) is 4.09. The highest BCUT2D eigenvalue weighted by molar-refractivity contribution is 7.80. The molecule has 3 rings (SSSR count). The van der Waals surface area contributed by atoms with Crippen LogP contribution in [0.1, 0.15) is 31.7 Å². The van der Waals surface area contributed by atoms with Crippen LogP contribution in [0.3, 0.4) is 0 Å². The monoisotopic (exact) mass is 296 g/mol. The zero-order valence-electron chi connectivity index (χ0n) is 12.3. The Balaban J connectivity index is 1.81. The van der Waals surface area contributed by atoms with Gasteiger partial charge >= 0.3 is 0 Å². The summed E-state index contributed by atoms with van der Waals surface area (Å²) in [6.45, 7) is 2.24. The van der Waals surface area contributed by atoms with Crippen LogP contribution in [0, 0.1) is 0 Å². The number of hydrogen-bond donors (Lipinski definition) is 1.